The molecule has 3 N–H and O–H groups in total. The maximum atomic E-state index is 11.7. The molecule has 1 atom stereocenters. The fourth-order valence-corrected chi connectivity index (χ4v) is 1.33. The van der Waals surface area contributed by atoms with Crippen LogP contribution in [-0.4, -0.2) is 34.7 Å². The normalized spacial score (nSPS) is 11.9. The van der Waals surface area contributed by atoms with Gasteiger partial charge in [0.05, 0.1) is 0 Å². The van der Waals surface area contributed by atoms with Gasteiger partial charge in [0.2, 0.25) is 0 Å². The van der Waals surface area contributed by atoms with Gasteiger partial charge >= 0.3 is 5.97 Å². The van der Waals surface area contributed by atoms with E-state index < -0.39 is 17.9 Å². The molecule has 0 aliphatic carbocycles. The van der Waals surface area contributed by atoms with Crippen LogP contribution in [0.5, 0.6) is 0 Å². The molecule has 5 nitrogen and oxygen atoms in total. The van der Waals surface area contributed by atoms with E-state index >= 15 is 0 Å². The predicted molar refractivity (Wildman–Crippen MR) is 61.8 cm³/mol. The van der Waals surface area contributed by atoms with E-state index in [2.05, 4.69) is 5.32 Å². The number of amides is 1. The fourth-order valence-electron chi connectivity index (χ4n) is 1.33. The molecule has 0 radical (unpaired) electrons. The zero-order chi connectivity index (χ0) is 12.8. The molecule has 1 rings (SSSR count). The number of hydrogen-bond acceptors (Lipinski definition) is 3. The quantitative estimate of drug-likeness (QED) is 0.698. The minimum atomic E-state index is -1.15. The summed E-state index contributed by atoms with van der Waals surface area (Å²) in [7, 11) is 0. The Hall–Kier alpha value is -1.88. The summed E-state index contributed by atoms with van der Waals surface area (Å²) in [5.74, 6) is -1.61. The highest BCUT2D eigenvalue weighted by Gasteiger charge is 2.19. The maximum Gasteiger partial charge on any atom is 0.326 e. The van der Waals surface area contributed by atoms with Gasteiger partial charge in [-0.15, -0.1) is 0 Å². The number of benzene rings is 1. The van der Waals surface area contributed by atoms with Gasteiger partial charge in [-0.3, -0.25) is 4.79 Å². The van der Waals surface area contributed by atoms with Crippen LogP contribution in [0, 0.1) is 6.92 Å². The maximum absolute atomic E-state index is 11.7. The molecule has 0 aliphatic heterocycles. The molecule has 17 heavy (non-hydrogen) atoms. The molecule has 0 unspecified atom stereocenters. The highest BCUT2D eigenvalue weighted by Crippen LogP contribution is 2.04. The first-order valence-corrected chi connectivity index (χ1v) is 5.26. The summed E-state index contributed by atoms with van der Waals surface area (Å²) in [5.41, 5.74) is 1.42. The molecule has 0 spiro atoms. The average Bonchev–Trinajstić information content (AvgIpc) is 2.29. The lowest BCUT2D eigenvalue weighted by Crippen LogP contribution is -2.41. The molecule has 1 amide bonds. The van der Waals surface area contributed by atoms with Crippen LogP contribution in [-0.2, 0) is 4.79 Å². The number of carbonyl (C=O) groups excluding carboxylic acids is 1. The van der Waals surface area contributed by atoms with Gasteiger partial charge in [-0.25, -0.2) is 4.79 Å². The smallest absolute Gasteiger partial charge is 0.326 e. The van der Waals surface area contributed by atoms with E-state index in [9.17, 15) is 9.59 Å². The van der Waals surface area contributed by atoms with Crippen LogP contribution in [0.3, 0.4) is 0 Å². The number of nitrogens with one attached hydrogen (secondary N) is 1. The van der Waals surface area contributed by atoms with Crippen molar-refractivity contribution in [2.24, 2.45) is 0 Å². The van der Waals surface area contributed by atoms with Gasteiger partial charge in [0, 0.05) is 18.6 Å². The number of aryl methyl sites for hydroxylation is 1. The Bertz CT molecular complexity index is 399. The summed E-state index contributed by atoms with van der Waals surface area (Å²) in [6.07, 6.45) is -0.00701. The lowest BCUT2D eigenvalue weighted by Gasteiger charge is -2.13. The van der Waals surface area contributed by atoms with Crippen molar-refractivity contribution in [2.45, 2.75) is 19.4 Å². The summed E-state index contributed by atoms with van der Waals surface area (Å²) < 4.78 is 0. The summed E-state index contributed by atoms with van der Waals surface area (Å²) in [6.45, 7) is 1.61. The van der Waals surface area contributed by atoms with Crippen LogP contribution in [0.1, 0.15) is 22.3 Å². The summed E-state index contributed by atoms with van der Waals surface area (Å²) in [5, 5.41) is 19.9. The highest BCUT2D eigenvalue weighted by atomic mass is 16.4. The Balaban J connectivity index is 2.70. The van der Waals surface area contributed by atoms with Crippen LogP contribution in [0.2, 0.25) is 0 Å². The molecule has 0 aromatic heterocycles. The van der Waals surface area contributed by atoms with Gasteiger partial charge in [0.25, 0.3) is 5.91 Å². The molecular formula is C12H15NO4. The second-order valence-corrected chi connectivity index (χ2v) is 3.74. The lowest BCUT2D eigenvalue weighted by molar-refractivity contribution is -0.139. The third-order valence-electron chi connectivity index (χ3n) is 2.33. The first kappa shape index (κ1) is 13.2. The Morgan fingerprint density at radius 2 is 1.88 bits per heavy atom. The Kier molecular flexibility index (Phi) is 4.66. The molecule has 0 saturated heterocycles. The van der Waals surface area contributed by atoms with E-state index in [4.69, 9.17) is 10.2 Å². The van der Waals surface area contributed by atoms with Crippen molar-refractivity contribution in [1.29, 1.82) is 0 Å². The first-order valence-electron chi connectivity index (χ1n) is 5.26. The van der Waals surface area contributed by atoms with Gasteiger partial charge in [-0.2, -0.15) is 0 Å². The number of carboxylic acids is 1. The lowest BCUT2D eigenvalue weighted by atomic mass is 10.1. The van der Waals surface area contributed by atoms with Gasteiger partial charge < -0.3 is 15.5 Å². The van der Waals surface area contributed by atoms with E-state index in [1.165, 1.54) is 0 Å². The van der Waals surface area contributed by atoms with E-state index in [1.54, 1.807) is 24.3 Å². The molecule has 92 valence electrons. The van der Waals surface area contributed by atoms with Crippen LogP contribution in [0.15, 0.2) is 24.3 Å². The standard InChI is InChI=1S/C12H15NO4/c1-8-2-4-9(5-3-8)11(15)13-10(6-7-14)12(16)17/h2-5,10,14H,6-7H2,1H3,(H,13,15)(H,16,17)/t10-/m0/s1. The van der Waals surface area contributed by atoms with Gasteiger partial charge in [-0.05, 0) is 19.1 Å². The predicted octanol–water partition coefficient (Wildman–Crippen LogP) is 0.560. The molecule has 0 aliphatic rings. The molecule has 0 bridgehead atoms. The van der Waals surface area contributed by atoms with E-state index in [0.29, 0.717) is 5.56 Å². The number of carboxylic acid groups (broad SMARTS) is 1. The number of aliphatic hydroxyl groups is 1. The minimum absolute atomic E-state index is 0.00701. The summed E-state index contributed by atoms with van der Waals surface area (Å²) in [4.78, 5) is 22.5. The average molecular weight is 237 g/mol. The third kappa shape index (κ3) is 3.88. The Morgan fingerprint density at radius 1 is 1.29 bits per heavy atom. The SMILES string of the molecule is Cc1ccc(C(=O)N[C@@H](CCO)C(=O)O)cc1. The number of hydrogen-bond donors (Lipinski definition) is 3. The van der Waals surface area contributed by atoms with Crippen LogP contribution in [0.4, 0.5) is 0 Å². The highest BCUT2D eigenvalue weighted by molar-refractivity contribution is 5.96. The van der Waals surface area contributed by atoms with Crippen molar-refractivity contribution >= 4 is 11.9 Å². The Labute approximate surface area is 99.1 Å². The molecular weight excluding hydrogens is 222 g/mol. The van der Waals surface area contributed by atoms with E-state index in [1.807, 2.05) is 6.92 Å². The number of carbonyl (C=O) groups is 2. The zero-order valence-corrected chi connectivity index (χ0v) is 9.51. The van der Waals surface area contributed by atoms with Gasteiger partial charge in [0.15, 0.2) is 0 Å². The summed E-state index contributed by atoms with van der Waals surface area (Å²) in [6, 6.07) is 5.74. The largest absolute Gasteiger partial charge is 0.480 e. The second-order valence-electron chi connectivity index (χ2n) is 3.74. The van der Waals surface area contributed by atoms with Gasteiger partial charge in [0.1, 0.15) is 6.04 Å². The molecule has 0 saturated carbocycles. The van der Waals surface area contributed by atoms with E-state index in [0.717, 1.165) is 5.56 Å². The van der Waals surface area contributed by atoms with Crippen LogP contribution >= 0.6 is 0 Å². The number of aliphatic hydroxyl groups excluding tert-OH is 1. The molecule has 0 heterocycles. The number of rotatable bonds is 5. The topological polar surface area (TPSA) is 86.6 Å². The van der Waals surface area contributed by atoms with Crippen LogP contribution in [0.25, 0.3) is 0 Å². The minimum Gasteiger partial charge on any atom is -0.480 e. The monoisotopic (exact) mass is 237 g/mol. The van der Waals surface area contributed by atoms with Crippen molar-refractivity contribution in [3.63, 3.8) is 0 Å². The second kappa shape index (κ2) is 6.00. The van der Waals surface area contributed by atoms with Gasteiger partial charge in [-0.1, -0.05) is 17.7 Å². The molecule has 1 aromatic carbocycles. The molecule has 0 fully saturated rings. The Morgan fingerprint density at radius 3 is 2.35 bits per heavy atom. The number of aliphatic carboxylic acids is 1. The summed E-state index contributed by atoms with van der Waals surface area (Å²) >= 11 is 0. The van der Waals surface area contributed by atoms with Crippen molar-refractivity contribution in [1.82, 2.24) is 5.32 Å². The third-order valence-corrected chi connectivity index (χ3v) is 2.33. The fraction of sp³-hybridized carbons (Fsp3) is 0.333. The van der Waals surface area contributed by atoms with Crippen molar-refractivity contribution in [3.8, 4) is 0 Å². The molecule has 1 aromatic rings. The van der Waals surface area contributed by atoms with Crippen molar-refractivity contribution in [3.05, 3.63) is 35.4 Å². The zero-order valence-electron chi connectivity index (χ0n) is 9.51. The van der Waals surface area contributed by atoms with Crippen molar-refractivity contribution in [2.75, 3.05) is 6.61 Å². The van der Waals surface area contributed by atoms with Crippen LogP contribution < -0.4 is 5.32 Å². The van der Waals surface area contributed by atoms with E-state index in [-0.39, 0.29) is 13.0 Å². The first-order chi connectivity index (χ1) is 8.04. The van der Waals surface area contributed by atoms with Crippen molar-refractivity contribution < 1.29 is 19.8 Å². The molecule has 5 heteroatoms.